The first-order valence-corrected chi connectivity index (χ1v) is 10.9. The van der Waals surface area contributed by atoms with Crippen LogP contribution in [0.2, 0.25) is 4.34 Å². The molecular weight excluding hydrogens is 396 g/mol. The number of benzene rings is 1. The van der Waals surface area contributed by atoms with E-state index in [9.17, 15) is 8.42 Å². The summed E-state index contributed by atoms with van der Waals surface area (Å²) in [4.78, 5) is 2.22. The summed E-state index contributed by atoms with van der Waals surface area (Å²) >= 11 is 6.92. The van der Waals surface area contributed by atoms with Gasteiger partial charge in [-0.15, -0.1) is 11.3 Å². The summed E-state index contributed by atoms with van der Waals surface area (Å²) in [5, 5.41) is 0. The monoisotopic (exact) mass is 416 g/mol. The molecule has 1 saturated heterocycles. The molecule has 1 N–H and O–H groups in total. The minimum atomic E-state index is -3.60. The molecular formula is C17H21ClN2O4S2. The van der Waals surface area contributed by atoms with Crippen molar-refractivity contribution in [3.8, 4) is 5.75 Å². The third kappa shape index (κ3) is 4.76. The second-order valence-electron chi connectivity index (χ2n) is 5.85. The van der Waals surface area contributed by atoms with E-state index in [1.165, 1.54) is 6.07 Å². The zero-order valence-corrected chi connectivity index (χ0v) is 16.7. The average molecular weight is 417 g/mol. The summed E-state index contributed by atoms with van der Waals surface area (Å²) < 4.78 is 39.3. The minimum Gasteiger partial charge on any atom is -0.497 e. The minimum absolute atomic E-state index is 0.112. The number of hydrogen-bond donors (Lipinski definition) is 1. The highest BCUT2D eigenvalue weighted by Crippen LogP contribution is 2.28. The van der Waals surface area contributed by atoms with Crippen molar-refractivity contribution in [2.24, 2.45) is 0 Å². The Balaban J connectivity index is 1.81. The van der Waals surface area contributed by atoms with Crippen LogP contribution in [0.25, 0.3) is 0 Å². The molecule has 0 unspecified atom stereocenters. The number of halogens is 1. The average Bonchev–Trinajstić information content (AvgIpc) is 3.10. The lowest BCUT2D eigenvalue weighted by Gasteiger charge is -2.35. The molecule has 3 rings (SSSR count). The third-order valence-corrected chi connectivity index (χ3v) is 7.39. The van der Waals surface area contributed by atoms with Crippen LogP contribution >= 0.6 is 22.9 Å². The van der Waals surface area contributed by atoms with Gasteiger partial charge in [-0.3, -0.25) is 4.90 Å². The number of rotatable bonds is 7. The van der Waals surface area contributed by atoms with Crippen molar-refractivity contribution >= 4 is 33.0 Å². The fourth-order valence-corrected chi connectivity index (χ4v) is 5.46. The second kappa shape index (κ2) is 8.69. The molecule has 1 atom stereocenters. The summed E-state index contributed by atoms with van der Waals surface area (Å²) in [7, 11) is -1.98. The molecule has 1 aliphatic rings. The molecule has 26 heavy (non-hydrogen) atoms. The Kier molecular flexibility index (Phi) is 6.55. The molecule has 1 aromatic carbocycles. The van der Waals surface area contributed by atoms with E-state index in [-0.39, 0.29) is 16.8 Å². The van der Waals surface area contributed by atoms with Gasteiger partial charge in [-0.05, 0) is 29.8 Å². The van der Waals surface area contributed by atoms with E-state index in [1.54, 1.807) is 13.2 Å². The molecule has 0 aliphatic carbocycles. The Morgan fingerprint density at radius 1 is 1.31 bits per heavy atom. The smallest absolute Gasteiger partial charge is 0.250 e. The van der Waals surface area contributed by atoms with Crippen molar-refractivity contribution in [1.29, 1.82) is 0 Å². The van der Waals surface area contributed by atoms with Crippen LogP contribution in [-0.2, 0) is 14.8 Å². The Bertz CT molecular complexity index is 835. The molecule has 1 aromatic heterocycles. The molecule has 1 aliphatic heterocycles. The predicted octanol–water partition coefficient (Wildman–Crippen LogP) is 2.76. The fourth-order valence-electron chi connectivity index (χ4n) is 2.90. The lowest BCUT2D eigenvalue weighted by Crippen LogP contribution is -2.43. The molecule has 1 fully saturated rings. The summed E-state index contributed by atoms with van der Waals surface area (Å²) in [6, 6.07) is 10.7. The Morgan fingerprint density at radius 3 is 2.73 bits per heavy atom. The van der Waals surface area contributed by atoms with Gasteiger partial charge >= 0.3 is 0 Å². The van der Waals surface area contributed by atoms with Crippen LogP contribution in [0, 0.1) is 0 Å². The van der Waals surface area contributed by atoms with Gasteiger partial charge in [0.2, 0.25) is 10.0 Å². The van der Waals surface area contributed by atoms with Gasteiger partial charge in [0.05, 0.1) is 24.7 Å². The van der Waals surface area contributed by atoms with Crippen LogP contribution in [0.15, 0.2) is 40.6 Å². The van der Waals surface area contributed by atoms with Gasteiger partial charge in [0.15, 0.2) is 0 Å². The van der Waals surface area contributed by atoms with E-state index in [0.29, 0.717) is 17.6 Å². The second-order valence-corrected chi connectivity index (χ2v) is 9.56. The van der Waals surface area contributed by atoms with Crippen LogP contribution in [0.4, 0.5) is 0 Å². The third-order valence-electron chi connectivity index (χ3n) is 4.25. The highest BCUT2D eigenvalue weighted by Gasteiger charge is 2.26. The highest BCUT2D eigenvalue weighted by atomic mass is 35.5. The predicted molar refractivity (Wildman–Crippen MR) is 103 cm³/mol. The largest absolute Gasteiger partial charge is 0.497 e. The van der Waals surface area contributed by atoms with Gasteiger partial charge in [-0.2, -0.15) is 0 Å². The number of morpholine rings is 1. The molecule has 0 amide bonds. The zero-order valence-electron chi connectivity index (χ0n) is 14.4. The number of nitrogens with one attached hydrogen (secondary N) is 1. The van der Waals surface area contributed by atoms with Crippen molar-refractivity contribution < 1.29 is 17.9 Å². The Hall–Kier alpha value is -1.16. The highest BCUT2D eigenvalue weighted by molar-refractivity contribution is 7.91. The first-order chi connectivity index (χ1) is 12.5. The standard InChI is InChI=1S/C17H21ClN2O4S2/c1-23-14-4-2-3-13(11-14)15(20-7-9-24-10-8-20)12-19-26(21,22)17-6-5-16(18)25-17/h2-6,11,15,19H,7-10,12H2,1H3/t15-/m1/s1. The maximum atomic E-state index is 12.6. The first kappa shape index (κ1) is 19.6. The maximum Gasteiger partial charge on any atom is 0.250 e. The van der Waals surface area contributed by atoms with Gasteiger partial charge in [0.25, 0.3) is 0 Å². The topological polar surface area (TPSA) is 67.9 Å². The van der Waals surface area contributed by atoms with Crippen molar-refractivity contribution in [2.45, 2.75) is 10.3 Å². The number of nitrogens with zero attached hydrogens (tertiary/aromatic N) is 1. The fraction of sp³-hybridized carbons (Fsp3) is 0.412. The number of ether oxygens (including phenoxy) is 2. The first-order valence-electron chi connectivity index (χ1n) is 8.20. The van der Waals surface area contributed by atoms with Crippen LogP contribution in [0.1, 0.15) is 11.6 Å². The Morgan fingerprint density at radius 2 is 2.08 bits per heavy atom. The lowest BCUT2D eigenvalue weighted by molar-refractivity contribution is 0.0171. The van der Waals surface area contributed by atoms with Crippen LogP contribution in [-0.4, -0.2) is 53.3 Å². The van der Waals surface area contributed by atoms with E-state index in [1.807, 2.05) is 24.3 Å². The van der Waals surface area contributed by atoms with Crippen LogP contribution < -0.4 is 9.46 Å². The van der Waals surface area contributed by atoms with Gasteiger partial charge in [0, 0.05) is 25.7 Å². The van der Waals surface area contributed by atoms with E-state index in [0.717, 1.165) is 35.7 Å². The number of thiophene rings is 1. The van der Waals surface area contributed by atoms with Crippen molar-refractivity contribution in [3.63, 3.8) is 0 Å². The normalized spacial score (nSPS) is 17.2. The molecule has 0 spiro atoms. The maximum absolute atomic E-state index is 12.6. The van der Waals surface area contributed by atoms with Crippen molar-refractivity contribution in [2.75, 3.05) is 40.0 Å². The number of methoxy groups -OCH3 is 1. The summed E-state index contributed by atoms with van der Waals surface area (Å²) in [6.45, 7) is 3.01. The molecule has 0 radical (unpaired) electrons. The lowest BCUT2D eigenvalue weighted by atomic mass is 10.0. The summed E-state index contributed by atoms with van der Waals surface area (Å²) in [5.41, 5.74) is 0.998. The van der Waals surface area contributed by atoms with Crippen molar-refractivity contribution in [1.82, 2.24) is 9.62 Å². The van der Waals surface area contributed by atoms with Crippen LogP contribution in [0.3, 0.4) is 0 Å². The van der Waals surface area contributed by atoms with Crippen molar-refractivity contribution in [3.05, 3.63) is 46.3 Å². The molecule has 142 valence electrons. The summed E-state index contributed by atoms with van der Waals surface area (Å²) in [6.07, 6.45) is 0. The van der Waals surface area contributed by atoms with Gasteiger partial charge < -0.3 is 9.47 Å². The number of hydrogen-bond acceptors (Lipinski definition) is 6. The van der Waals surface area contributed by atoms with E-state index < -0.39 is 10.0 Å². The number of sulfonamides is 1. The zero-order chi connectivity index (χ0) is 18.6. The molecule has 0 saturated carbocycles. The van der Waals surface area contributed by atoms with Gasteiger partial charge in [0.1, 0.15) is 9.96 Å². The van der Waals surface area contributed by atoms with Gasteiger partial charge in [-0.25, -0.2) is 13.1 Å². The molecule has 9 heteroatoms. The van der Waals surface area contributed by atoms with E-state index in [2.05, 4.69) is 9.62 Å². The SMILES string of the molecule is COc1cccc([C@@H](CNS(=O)(=O)c2ccc(Cl)s2)N2CCOCC2)c1. The molecule has 2 heterocycles. The molecule has 0 bridgehead atoms. The quantitative estimate of drug-likeness (QED) is 0.751. The van der Waals surface area contributed by atoms with E-state index in [4.69, 9.17) is 21.1 Å². The Labute approximate surface area is 162 Å². The van der Waals surface area contributed by atoms with Crippen LogP contribution in [0.5, 0.6) is 5.75 Å². The van der Waals surface area contributed by atoms with Gasteiger partial charge in [-0.1, -0.05) is 23.7 Å². The van der Waals surface area contributed by atoms with E-state index >= 15 is 0 Å². The molecule has 6 nitrogen and oxygen atoms in total. The molecule has 2 aromatic rings. The summed E-state index contributed by atoms with van der Waals surface area (Å²) in [5.74, 6) is 0.744.